The highest BCUT2D eigenvalue weighted by atomic mass is 32.1. The maximum absolute atomic E-state index is 12.5. The summed E-state index contributed by atoms with van der Waals surface area (Å²) in [5.41, 5.74) is 6.77. The van der Waals surface area contributed by atoms with E-state index in [2.05, 4.69) is 12.1 Å². The lowest BCUT2D eigenvalue weighted by Gasteiger charge is -2.09. The number of thiophene rings is 1. The van der Waals surface area contributed by atoms with Crippen LogP contribution in [0.4, 0.5) is 0 Å². The molecule has 2 nitrogen and oxygen atoms in total. The molecule has 0 amide bonds. The summed E-state index contributed by atoms with van der Waals surface area (Å²) in [5, 5.41) is 3.21. The first-order valence-electron chi connectivity index (χ1n) is 6.01. The van der Waals surface area contributed by atoms with Crippen LogP contribution in [0.3, 0.4) is 0 Å². The Morgan fingerprint density at radius 3 is 2.94 bits per heavy atom. The Balaban J connectivity index is 1.98. The predicted molar refractivity (Wildman–Crippen MR) is 71.5 cm³/mol. The van der Waals surface area contributed by atoms with Gasteiger partial charge in [-0.15, -0.1) is 11.3 Å². The molecule has 0 radical (unpaired) electrons. The highest BCUT2D eigenvalue weighted by molar-refractivity contribution is 7.17. The number of nitrogens with two attached hydrogens (primary N) is 1. The van der Waals surface area contributed by atoms with E-state index in [9.17, 15) is 4.79 Å². The van der Waals surface area contributed by atoms with Crippen LogP contribution in [0.15, 0.2) is 29.6 Å². The van der Waals surface area contributed by atoms with E-state index < -0.39 is 0 Å². The molecule has 1 fully saturated rings. The molecule has 1 aromatic carbocycles. The van der Waals surface area contributed by atoms with Crippen molar-refractivity contribution in [1.29, 1.82) is 0 Å². The highest BCUT2D eigenvalue weighted by Crippen LogP contribution is 2.32. The van der Waals surface area contributed by atoms with E-state index in [4.69, 9.17) is 5.73 Å². The van der Waals surface area contributed by atoms with Crippen molar-refractivity contribution in [2.45, 2.75) is 25.3 Å². The lowest BCUT2D eigenvalue weighted by atomic mass is 9.95. The van der Waals surface area contributed by atoms with Crippen LogP contribution in [0.5, 0.6) is 0 Å². The Kier molecular flexibility index (Phi) is 2.73. The maximum Gasteiger partial charge on any atom is 0.167 e. The van der Waals surface area contributed by atoms with Gasteiger partial charge in [0.05, 0.1) is 0 Å². The van der Waals surface area contributed by atoms with E-state index in [-0.39, 0.29) is 17.7 Å². The third-order valence-corrected chi connectivity index (χ3v) is 4.55. The summed E-state index contributed by atoms with van der Waals surface area (Å²) in [6.07, 6.45) is 2.78. The van der Waals surface area contributed by atoms with Gasteiger partial charge in [0.1, 0.15) is 0 Å². The summed E-state index contributed by atoms with van der Waals surface area (Å²) in [4.78, 5) is 12.5. The minimum atomic E-state index is 0.137. The topological polar surface area (TPSA) is 43.1 Å². The smallest absolute Gasteiger partial charge is 0.167 e. The molecule has 2 unspecified atom stereocenters. The van der Waals surface area contributed by atoms with Gasteiger partial charge in [0, 0.05) is 22.2 Å². The van der Waals surface area contributed by atoms with Gasteiger partial charge in [-0.05, 0) is 42.2 Å². The molecule has 1 aromatic heterocycles. The number of Topliss-reactive ketones (excluding diaryl/α,β-unsaturated/α-hetero) is 1. The Morgan fingerprint density at radius 1 is 1.29 bits per heavy atom. The monoisotopic (exact) mass is 245 g/mol. The fourth-order valence-electron chi connectivity index (χ4n) is 2.66. The summed E-state index contributed by atoms with van der Waals surface area (Å²) in [6, 6.07) is 8.26. The van der Waals surface area contributed by atoms with Gasteiger partial charge in [-0.2, -0.15) is 0 Å². The number of fused-ring (bicyclic) bond motifs is 1. The molecule has 3 rings (SSSR count). The first-order chi connectivity index (χ1) is 8.25. The van der Waals surface area contributed by atoms with Gasteiger partial charge in [-0.25, -0.2) is 0 Å². The largest absolute Gasteiger partial charge is 0.328 e. The summed E-state index contributed by atoms with van der Waals surface area (Å²) < 4.78 is 1.12. The van der Waals surface area contributed by atoms with Crippen molar-refractivity contribution >= 4 is 27.2 Å². The van der Waals surface area contributed by atoms with Crippen LogP contribution in [0.1, 0.15) is 29.6 Å². The van der Waals surface area contributed by atoms with Gasteiger partial charge in [-0.3, -0.25) is 4.79 Å². The summed E-state index contributed by atoms with van der Waals surface area (Å²) in [6.45, 7) is 0. The first kappa shape index (κ1) is 10.9. The van der Waals surface area contributed by atoms with Crippen LogP contribution < -0.4 is 5.73 Å². The van der Waals surface area contributed by atoms with Crippen molar-refractivity contribution in [2.75, 3.05) is 0 Å². The van der Waals surface area contributed by atoms with Crippen molar-refractivity contribution < 1.29 is 4.79 Å². The molecule has 3 heteroatoms. The van der Waals surface area contributed by atoms with E-state index in [0.717, 1.165) is 29.5 Å². The molecule has 1 aliphatic carbocycles. The normalized spacial score (nSPS) is 24.3. The van der Waals surface area contributed by atoms with Crippen LogP contribution in [-0.2, 0) is 0 Å². The van der Waals surface area contributed by atoms with Crippen LogP contribution in [0, 0.1) is 5.92 Å². The number of carbonyl (C=O) groups excluding carboxylic acids is 1. The molecule has 2 aromatic rings. The quantitative estimate of drug-likeness (QED) is 0.826. The van der Waals surface area contributed by atoms with Crippen LogP contribution in [0.25, 0.3) is 10.1 Å². The van der Waals surface area contributed by atoms with Crippen molar-refractivity contribution in [2.24, 2.45) is 11.7 Å². The Labute approximate surface area is 104 Å². The van der Waals surface area contributed by atoms with Gasteiger partial charge in [0.2, 0.25) is 0 Å². The van der Waals surface area contributed by atoms with Crippen molar-refractivity contribution in [3.8, 4) is 0 Å². The van der Waals surface area contributed by atoms with Crippen molar-refractivity contribution in [3.05, 3.63) is 35.2 Å². The molecule has 1 aliphatic rings. The first-order valence-corrected chi connectivity index (χ1v) is 6.89. The summed E-state index contributed by atoms with van der Waals surface area (Å²) in [7, 11) is 0. The molecular formula is C14H15NOS. The maximum atomic E-state index is 12.5. The number of ketones is 1. The van der Waals surface area contributed by atoms with Gasteiger partial charge < -0.3 is 5.73 Å². The van der Waals surface area contributed by atoms with Crippen LogP contribution in [-0.4, -0.2) is 11.8 Å². The lowest BCUT2D eigenvalue weighted by molar-refractivity contribution is 0.0924. The number of hydrogen-bond donors (Lipinski definition) is 1. The highest BCUT2D eigenvalue weighted by Gasteiger charge is 2.29. The molecule has 0 spiro atoms. The predicted octanol–water partition coefficient (Wildman–Crippen LogP) is 3.21. The molecule has 0 bridgehead atoms. The van der Waals surface area contributed by atoms with E-state index >= 15 is 0 Å². The lowest BCUT2D eigenvalue weighted by Crippen LogP contribution is -2.18. The van der Waals surface area contributed by atoms with Crippen LogP contribution >= 0.6 is 11.3 Å². The Bertz CT molecular complexity index is 560. The van der Waals surface area contributed by atoms with Crippen molar-refractivity contribution in [3.63, 3.8) is 0 Å². The van der Waals surface area contributed by atoms with E-state index in [1.165, 1.54) is 5.39 Å². The second-order valence-corrected chi connectivity index (χ2v) is 5.69. The van der Waals surface area contributed by atoms with Crippen molar-refractivity contribution in [1.82, 2.24) is 0 Å². The number of rotatable bonds is 2. The molecular weight excluding hydrogens is 230 g/mol. The third-order valence-electron chi connectivity index (χ3n) is 3.59. The Morgan fingerprint density at radius 2 is 2.18 bits per heavy atom. The third kappa shape index (κ3) is 1.90. The molecule has 0 aliphatic heterocycles. The minimum Gasteiger partial charge on any atom is -0.328 e. The van der Waals surface area contributed by atoms with Gasteiger partial charge in [-0.1, -0.05) is 12.1 Å². The fraction of sp³-hybridized carbons (Fsp3) is 0.357. The molecule has 1 saturated carbocycles. The molecule has 2 atom stereocenters. The van der Waals surface area contributed by atoms with Gasteiger partial charge >= 0.3 is 0 Å². The average Bonchev–Trinajstić information content (AvgIpc) is 2.95. The number of hydrogen-bond acceptors (Lipinski definition) is 3. The average molecular weight is 245 g/mol. The van der Waals surface area contributed by atoms with E-state index in [1.807, 2.05) is 17.5 Å². The minimum absolute atomic E-state index is 0.137. The second-order valence-electron chi connectivity index (χ2n) is 4.78. The number of benzene rings is 1. The zero-order chi connectivity index (χ0) is 11.8. The zero-order valence-electron chi connectivity index (χ0n) is 9.56. The van der Waals surface area contributed by atoms with E-state index in [1.54, 1.807) is 11.3 Å². The fourth-order valence-corrected chi connectivity index (χ4v) is 3.58. The van der Waals surface area contributed by atoms with Gasteiger partial charge in [0.15, 0.2) is 5.78 Å². The molecule has 0 saturated heterocycles. The van der Waals surface area contributed by atoms with E-state index in [0.29, 0.717) is 0 Å². The molecule has 2 N–H and O–H groups in total. The molecule has 1 heterocycles. The SMILES string of the molecule is NC1CCC(C(=O)c2cccc3ccsc23)C1. The zero-order valence-corrected chi connectivity index (χ0v) is 10.4. The standard InChI is InChI=1S/C14H15NOS/c15-11-5-4-10(8-11)13(16)12-3-1-2-9-6-7-17-14(9)12/h1-3,6-7,10-11H,4-5,8,15H2. The molecule has 17 heavy (non-hydrogen) atoms. The Hall–Kier alpha value is -1.19. The second kappa shape index (κ2) is 4.24. The number of carbonyl (C=O) groups is 1. The van der Waals surface area contributed by atoms with Gasteiger partial charge in [0.25, 0.3) is 0 Å². The van der Waals surface area contributed by atoms with Crippen LogP contribution in [0.2, 0.25) is 0 Å². The molecule has 88 valence electrons. The summed E-state index contributed by atoms with van der Waals surface area (Å²) in [5.74, 6) is 0.420. The summed E-state index contributed by atoms with van der Waals surface area (Å²) >= 11 is 1.65.